The van der Waals surface area contributed by atoms with Crippen molar-refractivity contribution in [2.75, 3.05) is 13.1 Å². The monoisotopic (exact) mass is 225 g/mol. The van der Waals surface area contributed by atoms with Crippen molar-refractivity contribution in [2.24, 2.45) is 7.05 Å². The molecule has 0 amide bonds. The van der Waals surface area contributed by atoms with Crippen LogP contribution in [0.25, 0.3) is 0 Å². The Hall–Kier alpha value is -0.290. The highest BCUT2D eigenvalue weighted by Crippen LogP contribution is 2.22. The van der Waals surface area contributed by atoms with Crippen LogP contribution in [0.5, 0.6) is 0 Å². The summed E-state index contributed by atoms with van der Waals surface area (Å²) in [4.78, 5) is 4.08. The van der Waals surface area contributed by atoms with Crippen LogP contribution in [0, 0.1) is 0 Å². The standard InChI is InChI=1S/C7H11N3O.2ClH/c1-10-3-2-9-6(10)7(11)4-8-5-7;;/h2-3,8,11H,4-5H2,1H3;2*1H. The molecule has 4 nitrogen and oxygen atoms in total. The Bertz CT molecular complexity index is 272. The van der Waals surface area contributed by atoms with E-state index in [1.807, 2.05) is 17.8 Å². The minimum absolute atomic E-state index is 0. The Balaban J connectivity index is 0.000000720. The molecule has 1 aliphatic rings. The minimum atomic E-state index is -0.724. The van der Waals surface area contributed by atoms with E-state index in [1.54, 1.807) is 6.20 Å². The molecule has 0 saturated carbocycles. The average Bonchev–Trinajstić information content (AvgIpc) is 2.30. The number of aryl methyl sites for hydroxylation is 1. The van der Waals surface area contributed by atoms with Crippen LogP contribution >= 0.6 is 24.8 Å². The smallest absolute Gasteiger partial charge is 0.147 e. The third-order valence-corrected chi connectivity index (χ3v) is 2.07. The lowest BCUT2D eigenvalue weighted by atomic mass is 9.96. The van der Waals surface area contributed by atoms with Gasteiger partial charge in [0.25, 0.3) is 0 Å². The Labute approximate surface area is 89.2 Å². The van der Waals surface area contributed by atoms with E-state index >= 15 is 0 Å². The first-order valence-corrected chi connectivity index (χ1v) is 3.63. The fourth-order valence-corrected chi connectivity index (χ4v) is 1.33. The van der Waals surface area contributed by atoms with Gasteiger partial charge in [-0.15, -0.1) is 24.8 Å². The summed E-state index contributed by atoms with van der Waals surface area (Å²) in [6.45, 7) is 1.22. The molecule has 1 aromatic rings. The molecule has 0 atom stereocenters. The molecule has 0 bridgehead atoms. The van der Waals surface area contributed by atoms with E-state index in [0.29, 0.717) is 13.1 Å². The summed E-state index contributed by atoms with van der Waals surface area (Å²) < 4.78 is 1.85. The molecule has 1 fully saturated rings. The van der Waals surface area contributed by atoms with E-state index in [1.165, 1.54) is 0 Å². The maximum Gasteiger partial charge on any atom is 0.147 e. The highest BCUT2D eigenvalue weighted by atomic mass is 35.5. The van der Waals surface area contributed by atoms with E-state index in [2.05, 4.69) is 10.3 Å². The number of halogens is 2. The van der Waals surface area contributed by atoms with Gasteiger partial charge in [-0.3, -0.25) is 0 Å². The zero-order valence-electron chi connectivity index (χ0n) is 7.23. The number of rotatable bonds is 1. The van der Waals surface area contributed by atoms with Crippen LogP contribution in [0.15, 0.2) is 12.4 Å². The number of aromatic nitrogens is 2. The predicted molar refractivity (Wildman–Crippen MR) is 54.5 cm³/mol. The molecule has 0 aliphatic carbocycles. The second-order valence-electron chi connectivity index (χ2n) is 3.00. The van der Waals surface area contributed by atoms with Crippen LogP contribution in [-0.2, 0) is 12.6 Å². The summed E-state index contributed by atoms with van der Waals surface area (Å²) in [5.74, 6) is 0.747. The maximum absolute atomic E-state index is 9.81. The third-order valence-electron chi connectivity index (χ3n) is 2.07. The minimum Gasteiger partial charge on any atom is -0.379 e. The van der Waals surface area contributed by atoms with Gasteiger partial charge in [-0.1, -0.05) is 0 Å². The van der Waals surface area contributed by atoms with Gasteiger partial charge in [-0.2, -0.15) is 0 Å². The van der Waals surface area contributed by atoms with Crippen LogP contribution in [-0.4, -0.2) is 27.7 Å². The summed E-state index contributed by atoms with van der Waals surface area (Å²) in [7, 11) is 1.89. The second kappa shape index (κ2) is 4.28. The molecule has 2 heterocycles. The summed E-state index contributed by atoms with van der Waals surface area (Å²) in [6, 6.07) is 0. The quantitative estimate of drug-likeness (QED) is 0.711. The predicted octanol–water partition coefficient (Wildman–Crippen LogP) is 0.0545. The third kappa shape index (κ3) is 1.96. The van der Waals surface area contributed by atoms with Crippen molar-refractivity contribution in [3.05, 3.63) is 18.2 Å². The molecular formula is C7H13Cl2N3O. The summed E-state index contributed by atoms with van der Waals surface area (Å²) >= 11 is 0. The molecule has 76 valence electrons. The highest BCUT2D eigenvalue weighted by Gasteiger charge is 2.39. The zero-order valence-corrected chi connectivity index (χ0v) is 8.86. The molecule has 2 N–H and O–H groups in total. The fourth-order valence-electron chi connectivity index (χ4n) is 1.33. The molecule has 0 aromatic carbocycles. The molecule has 6 heteroatoms. The van der Waals surface area contributed by atoms with Gasteiger partial charge in [0, 0.05) is 32.5 Å². The van der Waals surface area contributed by atoms with Gasteiger partial charge in [-0.05, 0) is 0 Å². The zero-order chi connectivity index (χ0) is 7.90. The lowest BCUT2D eigenvalue weighted by molar-refractivity contribution is -0.0249. The Morgan fingerprint density at radius 3 is 2.46 bits per heavy atom. The van der Waals surface area contributed by atoms with Crippen molar-refractivity contribution in [3.8, 4) is 0 Å². The largest absolute Gasteiger partial charge is 0.379 e. The van der Waals surface area contributed by atoms with Crippen molar-refractivity contribution in [1.29, 1.82) is 0 Å². The molecule has 0 spiro atoms. The molecule has 0 radical (unpaired) electrons. The summed E-state index contributed by atoms with van der Waals surface area (Å²) in [6.07, 6.45) is 3.54. The van der Waals surface area contributed by atoms with Crippen LogP contribution in [0.1, 0.15) is 5.82 Å². The highest BCUT2D eigenvalue weighted by molar-refractivity contribution is 5.85. The van der Waals surface area contributed by atoms with Crippen molar-refractivity contribution in [1.82, 2.24) is 14.9 Å². The number of nitrogens with one attached hydrogen (secondary N) is 1. The van der Waals surface area contributed by atoms with Crippen LogP contribution in [0.2, 0.25) is 0 Å². The van der Waals surface area contributed by atoms with Gasteiger partial charge in [0.15, 0.2) is 0 Å². The molecule has 1 aliphatic heterocycles. The molecule has 0 unspecified atom stereocenters. The number of imidazole rings is 1. The SMILES string of the molecule is Cl.Cl.Cn1ccnc1C1(O)CNC1. The summed E-state index contributed by atoms with van der Waals surface area (Å²) in [5.41, 5.74) is -0.724. The van der Waals surface area contributed by atoms with E-state index in [-0.39, 0.29) is 24.8 Å². The number of nitrogens with zero attached hydrogens (tertiary/aromatic N) is 2. The molecular weight excluding hydrogens is 213 g/mol. The number of hydrogen-bond acceptors (Lipinski definition) is 3. The lowest BCUT2D eigenvalue weighted by Gasteiger charge is -2.36. The molecule has 2 rings (SSSR count). The second-order valence-corrected chi connectivity index (χ2v) is 3.00. The van der Waals surface area contributed by atoms with Gasteiger partial charge < -0.3 is 15.0 Å². The van der Waals surface area contributed by atoms with Crippen molar-refractivity contribution in [3.63, 3.8) is 0 Å². The molecule has 1 saturated heterocycles. The first kappa shape index (κ1) is 12.7. The van der Waals surface area contributed by atoms with Crippen LogP contribution in [0.3, 0.4) is 0 Å². The van der Waals surface area contributed by atoms with Gasteiger partial charge in [0.1, 0.15) is 11.4 Å². The van der Waals surface area contributed by atoms with Crippen molar-refractivity contribution < 1.29 is 5.11 Å². The number of hydrogen-bond donors (Lipinski definition) is 2. The van der Waals surface area contributed by atoms with Crippen molar-refractivity contribution >= 4 is 24.8 Å². The fraction of sp³-hybridized carbons (Fsp3) is 0.571. The van der Waals surface area contributed by atoms with Gasteiger partial charge in [0.05, 0.1) is 0 Å². The molecule has 1 aromatic heterocycles. The normalized spacial score (nSPS) is 18.0. The topological polar surface area (TPSA) is 50.1 Å². The summed E-state index contributed by atoms with van der Waals surface area (Å²) in [5, 5.41) is 12.8. The number of aliphatic hydroxyl groups is 1. The molecule has 13 heavy (non-hydrogen) atoms. The Morgan fingerprint density at radius 1 is 1.54 bits per heavy atom. The van der Waals surface area contributed by atoms with Gasteiger partial charge in [-0.25, -0.2) is 4.98 Å². The van der Waals surface area contributed by atoms with Crippen molar-refractivity contribution in [2.45, 2.75) is 5.60 Å². The van der Waals surface area contributed by atoms with Gasteiger partial charge >= 0.3 is 0 Å². The first-order chi connectivity index (χ1) is 5.22. The first-order valence-electron chi connectivity index (χ1n) is 3.63. The lowest BCUT2D eigenvalue weighted by Crippen LogP contribution is -2.57. The number of β-amino-alcohol motifs (C(OH)–C–C–N with tert-alkyl or cyclic N) is 1. The Kier molecular flexibility index (Phi) is 4.19. The van der Waals surface area contributed by atoms with Crippen LogP contribution < -0.4 is 5.32 Å². The van der Waals surface area contributed by atoms with E-state index in [4.69, 9.17) is 0 Å². The van der Waals surface area contributed by atoms with E-state index in [9.17, 15) is 5.11 Å². The Morgan fingerprint density at radius 2 is 2.15 bits per heavy atom. The maximum atomic E-state index is 9.81. The van der Waals surface area contributed by atoms with Crippen LogP contribution in [0.4, 0.5) is 0 Å². The van der Waals surface area contributed by atoms with E-state index in [0.717, 1.165) is 5.82 Å². The van der Waals surface area contributed by atoms with E-state index < -0.39 is 5.60 Å². The average molecular weight is 226 g/mol. The van der Waals surface area contributed by atoms with Gasteiger partial charge in [0.2, 0.25) is 0 Å².